The molecule has 2 heterocycles. The van der Waals surface area contributed by atoms with Crippen LogP contribution in [0, 0.1) is 10.1 Å². The van der Waals surface area contributed by atoms with Gasteiger partial charge in [-0.2, -0.15) is 0 Å². The fourth-order valence-electron chi connectivity index (χ4n) is 1.93. The lowest BCUT2D eigenvalue weighted by Crippen LogP contribution is -2.27. The van der Waals surface area contributed by atoms with Gasteiger partial charge < -0.3 is 20.2 Å². The van der Waals surface area contributed by atoms with Crippen molar-refractivity contribution in [2.75, 3.05) is 18.5 Å². The van der Waals surface area contributed by atoms with Crippen molar-refractivity contribution < 1.29 is 9.66 Å². The van der Waals surface area contributed by atoms with Crippen molar-refractivity contribution in [2.45, 2.75) is 25.4 Å². The predicted octanol–water partition coefficient (Wildman–Crippen LogP) is 1.31. The molecule has 1 unspecified atom stereocenters. The van der Waals surface area contributed by atoms with Crippen LogP contribution in [-0.2, 0) is 11.8 Å². The summed E-state index contributed by atoms with van der Waals surface area (Å²) < 4.78 is 7.17. The summed E-state index contributed by atoms with van der Waals surface area (Å²) in [5.41, 5.74) is 0. The number of hydrogen-bond donors (Lipinski definition) is 1. The minimum Gasteiger partial charge on any atom is -0.376 e. The summed E-state index contributed by atoms with van der Waals surface area (Å²) in [5.74, 6) is 0.299. The minimum atomic E-state index is -0.482. The van der Waals surface area contributed by atoms with Gasteiger partial charge in [0.05, 0.1) is 6.10 Å². The van der Waals surface area contributed by atoms with E-state index in [1.54, 1.807) is 11.6 Å². The van der Waals surface area contributed by atoms with E-state index < -0.39 is 4.92 Å². The fraction of sp³-hybridized carbons (Fsp3) is 0.700. The number of aromatic nitrogens is 2. The zero-order valence-corrected chi connectivity index (χ0v) is 9.76. The molecule has 0 radical (unpaired) electrons. The van der Waals surface area contributed by atoms with Gasteiger partial charge in [0, 0.05) is 20.2 Å². The molecule has 94 valence electrons. The molecule has 1 aliphatic rings. The van der Waals surface area contributed by atoms with Gasteiger partial charge in [0.2, 0.25) is 12.1 Å². The van der Waals surface area contributed by atoms with E-state index in [0.717, 1.165) is 25.9 Å². The molecule has 1 fully saturated rings. The molecule has 0 saturated carbocycles. The van der Waals surface area contributed by atoms with Crippen molar-refractivity contribution >= 4 is 11.6 Å². The second-order valence-electron chi connectivity index (χ2n) is 4.15. The summed E-state index contributed by atoms with van der Waals surface area (Å²) in [6.45, 7) is 1.36. The first-order valence-corrected chi connectivity index (χ1v) is 5.69. The van der Waals surface area contributed by atoms with Crippen LogP contribution in [0.1, 0.15) is 19.3 Å². The van der Waals surface area contributed by atoms with E-state index >= 15 is 0 Å². The molecule has 0 amide bonds. The van der Waals surface area contributed by atoms with Crippen molar-refractivity contribution in [2.24, 2.45) is 7.05 Å². The highest BCUT2D eigenvalue weighted by molar-refractivity contribution is 5.51. The van der Waals surface area contributed by atoms with Gasteiger partial charge in [-0.05, 0) is 29.2 Å². The van der Waals surface area contributed by atoms with E-state index in [4.69, 9.17) is 4.74 Å². The Labute approximate surface area is 98.9 Å². The number of nitro groups is 1. The van der Waals surface area contributed by atoms with Crippen molar-refractivity contribution in [1.82, 2.24) is 9.55 Å². The topological polar surface area (TPSA) is 82.2 Å². The second kappa shape index (κ2) is 5.13. The second-order valence-corrected chi connectivity index (χ2v) is 4.15. The van der Waals surface area contributed by atoms with E-state index in [0.29, 0.717) is 12.4 Å². The molecule has 0 spiro atoms. The summed E-state index contributed by atoms with van der Waals surface area (Å²) in [7, 11) is 1.73. The molecule has 17 heavy (non-hydrogen) atoms. The first-order valence-electron chi connectivity index (χ1n) is 5.69. The molecule has 0 aromatic carbocycles. The molecule has 1 N–H and O–H groups in total. The highest BCUT2D eigenvalue weighted by Gasteiger charge is 2.21. The largest absolute Gasteiger partial charge is 0.406 e. The molecule has 0 bridgehead atoms. The van der Waals surface area contributed by atoms with Gasteiger partial charge >= 0.3 is 5.82 Å². The third kappa shape index (κ3) is 2.73. The maximum Gasteiger partial charge on any atom is 0.406 e. The van der Waals surface area contributed by atoms with Gasteiger partial charge in [-0.15, -0.1) is 0 Å². The molecular formula is C10H16N4O3. The van der Waals surface area contributed by atoms with Gasteiger partial charge in [0.25, 0.3) is 0 Å². The van der Waals surface area contributed by atoms with Crippen LogP contribution in [0.4, 0.5) is 11.6 Å². The predicted molar refractivity (Wildman–Crippen MR) is 61.9 cm³/mol. The molecule has 1 atom stereocenters. The van der Waals surface area contributed by atoms with Crippen LogP contribution in [0.15, 0.2) is 6.33 Å². The van der Waals surface area contributed by atoms with E-state index in [1.165, 1.54) is 6.33 Å². The first-order chi connectivity index (χ1) is 8.18. The van der Waals surface area contributed by atoms with Gasteiger partial charge in [0.1, 0.15) is 0 Å². The molecule has 7 nitrogen and oxygen atoms in total. The Hall–Kier alpha value is -1.63. The molecule has 2 rings (SSSR count). The van der Waals surface area contributed by atoms with Crippen LogP contribution in [0.25, 0.3) is 0 Å². The molecule has 0 aliphatic carbocycles. The molecular weight excluding hydrogens is 224 g/mol. The lowest BCUT2D eigenvalue weighted by molar-refractivity contribution is -0.388. The zero-order valence-electron chi connectivity index (χ0n) is 9.76. The Balaban J connectivity index is 1.97. The third-order valence-corrected chi connectivity index (χ3v) is 2.86. The SMILES string of the molecule is Cn1cnc([N+](=O)[O-])c1NCC1CCCCO1. The molecule has 1 aromatic heterocycles. The lowest BCUT2D eigenvalue weighted by Gasteiger charge is -2.22. The number of anilines is 1. The van der Waals surface area contributed by atoms with Crippen molar-refractivity contribution in [3.05, 3.63) is 16.4 Å². The highest BCUT2D eigenvalue weighted by atomic mass is 16.6. The summed E-state index contributed by atoms with van der Waals surface area (Å²) >= 11 is 0. The number of nitrogens with one attached hydrogen (secondary N) is 1. The van der Waals surface area contributed by atoms with E-state index in [2.05, 4.69) is 10.3 Å². The standard InChI is InChI=1S/C10H16N4O3/c1-13-7-12-10(14(15)16)9(13)11-6-8-4-2-3-5-17-8/h7-8,11H,2-6H2,1H3. The van der Waals surface area contributed by atoms with Gasteiger partial charge in [-0.1, -0.05) is 0 Å². The van der Waals surface area contributed by atoms with E-state index in [1.807, 2.05) is 0 Å². The Kier molecular flexibility index (Phi) is 3.58. The number of ether oxygens (including phenoxy) is 1. The summed E-state index contributed by atoms with van der Waals surface area (Å²) in [5, 5.41) is 13.8. The van der Waals surface area contributed by atoms with Crippen molar-refractivity contribution in [1.29, 1.82) is 0 Å². The fourth-order valence-corrected chi connectivity index (χ4v) is 1.93. The van der Waals surface area contributed by atoms with Crippen LogP contribution in [0.5, 0.6) is 0 Å². The Morgan fingerprint density at radius 3 is 3.18 bits per heavy atom. The summed E-state index contributed by atoms with van der Waals surface area (Å²) in [6, 6.07) is 0. The Bertz CT molecular complexity index is 398. The monoisotopic (exact) mass is 240 g/mol. The average molecular weight is 240 g/mol. The first kappa shape index (κ1) is 11.8. The van der Waals surface area contributed by atoms with Crippen LogP contribution in [0.2, 0.25) is 0 Å². The van der Waals surface area contributed by atoms with Crippen molar-refractivity contribution in [3.63, 3.8) is 0 Å². The number of imidazole rings is 1. The Morgan fingerprint density at radius 2 is 2.53 bits per heavy atom. The van der Waals surface area contributed by atoms with E-state index in [9.17, 15) is 10.1 Å². The number of hydrogen-bond acceptors (Lipinski definition) is 5. The molecule has 1 aromatic rings. The molecule has 7 heteroatoms. The molecule has 1 saturated heterocycles. The quantitative estimate of drug-likeness (QED) is 0.633. The normalized spacial score (nSPS) is 20.2. The summed E-state index contributed by atoms with van der Waals surface area (Å²) in [6.07, 6.45) is 4.82. The maximum absolute atomic E-state index is 10.7. The number of nitrogens with zero attached hydrogens (tertiary/aromatic N) is 3. The van der Waals surface area contributed by atoms with Crippen LogP contribution in [-0.4, -0.2) is 33.7 Å². The van der Waals surface area contributed by atoms with Gasteiger partial charge in [0.15, 0.2) is 0 Å². The van der Waals surface area contributed by atoms with Crippen molar-refractivity contribution in [3.8, 4) is 0 Å². The molecule has 1 aliphatic heterocycles. The number of aryl methyl sites for hydroxylation is 1. The lowest BCUT2D eigenvalue weighted by atomic mass is 10.1. The minimum absolute atomic E-state index is 0.136. The maximum atomic E-state index is 10.7. The van der Waals surface area contributed by atoms with Gasteiger partial charge in [-0.3, -0.25) is 4.57 Å². The zero-order chi connectivity index (χ0) is 12.3. The van der Waals surface area contributed by atoms with E-state index in [-0.39, 0.29) is 11.9 Å². The summed E-state index contributed by atoms with van der Waals surface area (Å²) in [4.78, 5) is 14.0. The smallest absolute Gasteiger partial charge is 0.376 e. The highest BCUT2D eigenvalue weighted by Crippen LogP contribution is 2.22. The van der Waals surface area contributed by atoms with Crippen LogP contribution < -0.4 is 5.32 Å². The van der Waals surface area contributed by atoms with Crippen LogP contribution >= 0.6 is 0 Å². The number of rotatable bonds is 4. The van der Waals surface area contributed by atoms with Crippen LogP contribution in [0.3, 0.4) is 0 Å². The average Bonchev–Trinajstić information content (AvgIpc) is 2.69. The Morgan fingerprint density at radius 1 is 1.71 bits per heavy atom. The third-order valence-electron chi connectivity index (χ3n) is 2.86. The van der Waals surface area contributed by atoms with Gasteiger partial charge in [-0.25, -0.2) is 0 Å².